The molecule has 0 spiro atoms. The van der Waals surface area contributed by atoms with Gasteiger partial charge in [-0.25, -0.2) is 9.78 Å². The zero-order valence-electron chi connectivity index (χ0n) is 18.7. The van der Waals surface area contributed by atoms with E-state index >= 15 is 0 Å². The lowest BCUT2D eigenvalue weighted by molar-refractivity contribution is -0.145. The number of halogens is 1. The predicted octanol–water partition coefficient (Wildman–Crippen LogP) is 4.79. The molecule has 4 aromatic rings. The third-order valence-corrected chi connectivity index (χ3v) is 7.82. The molecule has 1 aliphatic rings. The minimum absolute atomic E-state index is 0.0134. The van der Waals surface area contributed by atoms with Crippen molar-refractivity contribution in [2.45, 2.75) is 58.6 Å². The van der Waals surface area contributed by atoms with Gasteiger partial charge in [0.25, 0.3) is 5.56 Å². The van der Waals surface area contributed by atoms with Crippen LogP contribution in [0.1, 0.15) is 47.8 Å². The average Bonchev–Trinajstić information content (AvgIpc) is 3.21. The van der Waals surface area contributed by atoms with Crippen LogP contribution in [0.25, 0.3) is 21.2 Å². The lowest BCUT2D eigenvalue weighted by Gasteiger charge is -2.11. The zero-order valence-corrected chi connectivity index (χ0v) is 20.3. The van der Waals surface area contributed by atoms with Gasteiger partial charge in [0.2, 0.25) is 0 Å². The second-order valence-corrected chi connectivity index (χ2v) is 9.92. The van der Waals surface area contributed by atoms with E-state index in [2.05, 4.69) is 4.98 Å². The number of hydrogen-bond acceptors (Lipinski definition) is 7. The number of esters is 1. The summed E-state index contributed by atoms with van der Waals surface area (Å²) in [7, 11) is 0. The summed E-state index contributed by atoms with van der Waals surface area (Å²) in [5.41, 5.74) is 2.30. The Morgan fingerprint density at radius 2 is 2.03 bits per heavy atom. The Balaban J connectivity index is 1.30. The largest absolute Gasteiger partial charge is 0.461 e. The average molecular weight is 499 g/mol. The Labute approximate surface area is 203 Å². The second-order valence-electron chi connectivity index (χ2n) is 8.43. The number of hydrogen-bond donors (Lipinski definition) is 0. The van der Waals surface area contributed by atoms with E-state index in [4.69, 9.17) is 20.8 Å². The summed E-state index contributed by atoms with van der Waals surface area (Å²) in [6, 6.07) is 4.77. The normalized spacial score (nSPS) is 13.4. The zero-order chi connectivity index (χ0) is 23.8. The quantitative estimate of drug-likeness (QED) is 0.280. The predicted molar refractivity (Wildman–Crippen MR) is 132 cm³/mol. The van der Waals surface area contributed by atoms with Crippen LogP contribution in [0.4, 0.5) is 0 Å². The topological polar surface area (TPSA) is 91.4 Å². The van der Waals surface area contributed by atoms with E-state index < -0.39 is 11.6 Å². The smallest absolute Gasteiger partial charge is 0.336 e. The molecular formula is C25H23ClN2O5S. The van der Waals surface area contributed by atoms with Crippen LogP contribution in [0.5, 0.6) is 0 Å². The van der Waals surface area contributed by atoms with Crippen LogP contribution in [0.15, 0.2) is 38.5 Å². The summed E-state index contributed by atoms with van der Waals surface area (Å²) >= 11 is 7.92. The molecule has 0 fully saturated rings. The van der Waals surface area contributed by atoms with E-state index in [-0.39, 0.29) is 25.1 Å². The molecule has 0 amide bonds. The standard InChI is InChI=1S/C25H23ClN2O5S/c1-2-14-9-19-17(11-18(14)26)15(10-22(30)33-19)12-32-21(29)7-8-28-13-27-24-23(25(28)31)16-5-3-4-6-20(16)34-24/h9-11,13H,2-8,12H2,1H3. The Kier molecular flexibility index (Phi) is 6.27. The number of carbonyl (C=O) groups excluding carboxylic acids is 1. The van der Waals surface area contributed by atoms with Gasteiger partial charge in [0.1, 0.15) is 17.0 Å². The van der Waals surface area contributed by atoms with Crippen LogP contribution in [0.3, 0.4) is 0 Å². The van der Waals surface area contributed by atoms with E-state index in [1.807, 2.05) is 6.92 Å². The molecule has 7 nitrogen and oxygen atoms in total. The summed E-state index contributed by atoms with van der Waals surface area (Å²) in [6.45, 7) is 2.05. The third-order valence-electron chi connectivity index (χ3n) is 6.27. The van der Waals surface area contributed by atoms with Crippen LogP contribution in [-0.2, 0) is 41.9 Å². The number of benzene rings is 1. The van der Waals surface area contributed by atoms with Gasteiger partial charge in [0.05, 0.1) is 18.1 Å². The van der Waals surface area contributed by atoms with Crippen LogP contribution in [-0.4, -0.2) is 15.5 Å². The first-order chi connectivity index (χ1) is 16.4. The molecular weight excluding hydrogens is 476 g/mol. The van der Waals surface area contributed by atoms with E-state index in [9.17, 15) is 14.4 Å². The van der Waals surface area contributed by atoms with Crippen LogP contribution in [0.2, 0.25) is 5.02 Å². The molecule has 0 unspecified atom stereocenters. The van der Waals surface area contributed by atoms with Gasteiger partial charge in [-0.15, -0.1) is 11.3 Å². The maximum atomic E-state index is 13.0. The molecule has 0 atom stereocenters. The number of thiophene rings is 1. The number of aromatic nitrogens is 2. The lowest BCUT2D eigenvalue weighted by atomic mass is 9.97. The molecule has 0 N–H and O–H groups in total. The van der Waals surface area contributed by atoms with Crippen molar-refractivity contribution >= 4 is 50.1 Å². The minimum atomic E-state index is -0.520. The molecule has 1 aliphatic carbocycles. The summed E-state index contributed by atoms with van der Waals surface area (Å²) in [5, 5.41) is 1.89. The fraction of sp³-hybridized carbons (Fsp3) is 0.360. The van der Waals surface area contributed by atoms with Crippen molar-refractivity contribution in [3.05, 3.63) is 71.9 Å². The number of nitrogens with zero attached hydrogens (tertiary/aromatic N) is 2. The van der Waals surface area contributed by atoms with Gasteiger partial charge in [0.15, 0.2) is 0 Å². The van der Waals surface area contributed by atoms with Gasteiger partial charge in [-0.2, -0.15) is 0 Å². The van der Waals surface area contributed by atoms with Crippen molar-refractivity contribution in [3.8, 4) is 0 Å². The van der Waals surface area contributed by atoms with E-state index in [0.29, 0.717) is 33.4 Å². The number of carbonyl (C=O) groups is 1. The molecule has 3 aromatic heterocycles. The minimum Gasteiger partial charge on any atom is -0.461 e. The van der Waals surface area contributed by atoms with Crippen molar-refractivity contribution in [1.29, 1.82) is 0 Å². The molecule has 9 heteroatoms. The highest BCUT2D eigenvalue weighted by Gasteiger charge is 2.20. The molecule has 34 heavy (non-hydrogen) atoms. The summed E-state index contributed by atoms with van der Waals surface area (Å²) in [5.74, 6) is -0.475. The van der Waals surface area contributed by atoms with E-state index in [0.717, 1.165) is 41.6 Å². The highest BCUT2D eigenvalue weighted by atomic mass is 35.5. The maximum Gasteiger partial charge on any atom is 0.336 e. The van der Waals surface area contributed by atoms with Crippen LogP contribution in [0, 0.1) is 0 Å². The molecule has 0 radical (unpaired) electrons. The number of ether oxygens (including phenoxy) is 1. The summed E-state index contributed by atoms with van der Waals surface area (Å²) < 4.78 is 12.2. The van der Waals surface area contributed by atoms with Crippen molar-refractivity contribution in [3.63, 3.8) is 0 Å². The molecule has 0 saturated carbocycles. The van der Waals surface area contributed by atoms with Crippen molar-refractivity contribution < 1.29 is 13.9 Å². The molecule has 176 valence electrons. The molecule has 0 aliphatic heterocycles. The number of aryl methyl sites for hydroxylation is 4. The summed E-state index contributed by atoms with van der Waals surface area (Å²) in [6.07, 6.45) is 6.34. The van der Waals surface area contributed by atoms with Gasteiger partial charge < -0.3 is 9.15 Å². The van der Waals surface area contributed by atoms with Gasteiger partial charge >= 0.3 is 11.6 Å². The van der Waals surface area contributed by atoms with Crippen LogP contribution >= 0.6 is 22.9 Å². The van der Waals surface area contributed by atoms with Gasteiger partial charge in [-0.05, 0) is 55.4 Å². The van der Waals surface area contributed by atoms with Crippen molar-refractivity contribution in [1.82, 2.24) is 9.55 Å². The Morgan fingerprint density at radius 3 is 2.85 bits per heavy atom. The fourth-order valence-corrected chi connectivity index (χ4v) is 5.98. The third kappa shape index (κ3) is 4.28. The highest BCUT2D eigenvalue weighted by Crippen LogP contribution is 2.33. The van der Waals surface area contributed by atoms with Gasteiger partial charge in [-0.3, -0.25) is 14.2 Å². The first kappa shape index (κ1) is 22.8. The summed E-state index contributed by atoms with van der Waals surface area (Å²) in [4.78, 5) is 44.0. The van der Waals surface area contributed by atoms with E-state index in [1.54, 1.807) is 23.5 Å². The Morgan fingerprint density at radius 1 is 1.21 bits per heavy atom. The Bertz CT molecular complexity index is 1530. The first-order valence-electron chi connectivity index (χ1n) is 11.3. The first-order valence-corrected chi connectivity index (χ1v) is 12.5. The lowest BCUT2D eigenvalue weighted by Crippen LogP contribution is -2.23. The molecule has 3 heterocycles. The molecule has 1 aromatic carbocycles. The van der Waals surface area contributed by atoms with Gasteiger partial charge in [0, 0.05) is 33.5 Å². The molecule has 0 bridgehead atoms. The highest BCUT2D eigenvalue weighted by molar-refractivity contribution is 7.18. The number of fused-ring (bicyclic) bond motifs is 4. The fourth-order valence-electron chi connectivity index (χ4n) is 4.46. The molecule has 5 rings (SSSR count). The SMILES string of the molecule is CCc1cc2oc(=O)cc(COC(=O)CCn3cnc4sc5c(c4c3=O)CCCC5)c2cc1Cl. The van der Waals surface area contributed by atoms with Crippen molar-refractivity contribution in [2.75, 3.05) is 0 Å². The second kappa shape index (κ2) is 9.35. The molecule has 0 saturated heterocycles. The number of rotatable bonds is 6. The maximum absolute atomic E-state index is 13.0. The monoisotopic (exact) mass is 498 g/mol. The van der Waals surface area contributed by atoms with Crippen LogP contribution < -0.4 is 11.2 Å². The van der Waals surface area contributed by atoms with Gasteiger partial charge in [-0.1, -0.05) is 18.5 Å². The van der Waals surface area contributed by atoms with Crippen molar-refractivity contribution in [2.24, 2.45) is 0 Å². The Hall–Kier alpha value is -2.97. The van der Waals surface area contributed by atoms with E-state index in [1.165, 1.54) is 21.8 Å².